The van der Waals surface area contributed by atoms with Gasteiger partial charge in [-0.2, -0.15) is 0 Å². The molecular weight excluding hydrogens is 512 g/mol. The van der Waals surface area contributed by atoms with E-state index in [-0.39, 0.29) is 30.1 Å². The van der Waals surface area contributed by atoms with E-state index in [1.807, 2.05) is 94.7 Å². The minimum Gasteiger partial charge on any atom is -0.459 e. The zero-order valence-corrected chi connectivity index (χ0v) is 23.6. The molecule has 3 atom stereocenters. The van der Waals surface area contributed by atoms with Crippen LogP contribution >= 0.6 is 0 Å². The highest BCUT2D eigenvalue weighted by Crippen LogP contribution is 2.38. The molecule has 0 N–H and O–H groups in total. The number of rotatable bonds is 7. The second-order valence-corrected chi connectivity index (χ2v) is 10.7. The number of pyridine rings is 2. The first-order valence-electron chi connectivity index (χ1n) is 13.9. The van der Waals surface area contributed by atoms with Crippen LogP contribution in [0.1, 0.15) is 66.8 Å². The predicted octanol–water partition coefficient (Wildman–Crippen LogP) is 7.18. The average Bonchev–Trinajstić information content (AvgIpc) is 3.52. The van der Waals surface area contributed by atoms with E-state index in [0.717, 1.165) is 44.7 Å². The van der Waals surface area contributed by atoms with Crippen LogP contribution in [0.25, 0.3) is 22.2 Å². The van der Waals surface area contributed by atoms with Crippen molar-refractivity contribution >= 4 is 22.7 Å². The SMILES string of the molecule is CC1=NOC(C)C1c1cnc2c(-c3ccc(C(=O)OC(C)C)cc3)cn([C@@H](c3ccccc3)c3ccccn3)c2c1. The Kier molecular flexibility index (Phi) is 7.10. The Morgan fingerprint density at radius 3 is 2.39 bits per heavy atom. The lowest BCUT2D eigenvalue weighted by atomic mass is 9.91. The van der Waals surface area contributed by atoms with Crippen LogP contribution in [-0.4, -0.2) is 38.4 Å². The van der Waals surface area contributed by atoms with Crippen molar-refractivity contribution in [1.29, 1.82) is 0 Å². The zero-order valence-electron chi connectivity index (χ0n) is 23.6. The molecule has 0 aliphatic carbocycles. The molecule has 7 heteroatoms. The Labute approximate surface area is 239 Å². The number of fused-ring (bicyclic) bond motifs is 1. The first-order chi connectivity index (χ1) is 19.9. The van der Waals surface area contributed by atoms with Gasteiger partial charge in [-0.1, -0.05) is 53.7 Å². The standard InChI is InChI=1S/C34H32N4O3/c1-21(2)40-34(39)26-15-13-24(14-16-26)28-20-38(33(25-10-6-5-7-11-25)29-12-8-9-17-35-29)30-18-27(19-36-32(28)30)31-22(3)37-41-23(31)4/h5-21,23,31,33H,1-4H3/t23?,31?,33-/m0/s1. The van der Waals surface area contributed by atoms with Crippen LogP contribution in [0.4, 0.5) is 0 Å². The number of aromatic nitrogens is 3. The molecule has 4 heterocycles. The van der Waals surface area contributed by atoms with Crippen molar-refractivity contribution in [1.82, 2.24) is 14.5 Å². The van der Waals surface area contributed by atoms with Gasteiger partial charge in [-0.25, -0.2) is 4.79 Å². The fraction of sp³-hybridized carbons (Fsp3) is 0.235. The maximum atomic E-state index is 12.5. The molecule has 6 rings (SSSR count). The number of ether oxygens (including phenoxy) is 1. The van der Waals surface area contributed by atoms with Crippen LogP contribution in [0.5, 0.6) is 0 Å². The fourth-order valence-corrected chi connectivity index (χ4v) is 5.59. The molecule has 0 saturated carbocycles. The number of hydrogen-bond acceptors (Lipinski definition) is 6. The Morgan fingerprint density at radius 2 is 1.73 bits per heavy atom. The molecule has 7 nitrogen and oxygen atoms in total. The third-order valence-electron chi connectivity index (χ3n) is 7.47. The molecule has 0 spiro atoms. The van der Waals surface area contributed by atoms with E-state index in [1.165, 1.54) is 0 Å². The summed E-state index contributed by atoms with van der Waals surface area (Å²) < 4.78 is 7.64. The third kappa shape index (κ3) is 5.11. The number of carbonyl (C=O) groups is 1. The van der Waals surface area contributed by atoms with Gasteiger partial charge in [0.05, 0.1) is 40.0 Å². The van der Waals surface area contributed by atoms with E-state index in [9.17, 15) is 4.79 Å². The van der Waals surface area contributed by atoms with Crippen molar-refractivity contribution in [3.8, 4) is 11.1 Å². The molecule has 206 valence electrons. The summed E-state index contributed by atoms with van der Waals surface area (Å²) in [6, 6.07) is 25.9. The number of carbonyl (C=O) groups excluding carboxylic acids is 1. The molecule has 1 aliphatic heterocycles. The topological polar surface area (TPSA) is 78.6 Å². The molecular formula is C34H32N4O3. The highest BCUT2D eigenvalue weighted by Gasteiger charge is 2.31. The van der Waals surface area contributed by atoms with Crippen LogP contribution < -0.4 is 0 Å². The molecule has 3 aromatic heterocycles. The van der Waals surface area contributed by atoms with Gasteiger partial charge in [0, 0.05) is 24.2 Å². The highest BCUT2D eigenvalue weighted by molar-refractivity contribution is 5.96. The van der Waals surface area contributed by atoms with Gasteiger partial charge in [-0.3, -0.25) is 9.97 Å². The summed E-state index contributed by atoms with van der Waals surface area (Å²) in [5, 5.41) is 4.24. The second kappa shape index (κ2) is 11.0. The minimum absolute atomic E-state index is 0.0231. The van der Waals surface area contributed by atoms with Crippen molar-refractivity contribution in [3.63, 3.8) is 0 Å². The van der Waals surface area contributed by atoms with Gasteiger partial charge < -0.3 is 14.1 Å². The van der Waals surface area contributed by atoms with Crippen LogP contribution in [0, 0.1) is 0 Å². The Bertz CT molecular complexity index is 1670. The van der Waals surface area contributed by atoms with E-state index in [0.29, 0.717) is 5.56 Å². The number of hydrogen-bond donors (Lipinski definition) is 0. The molecule has 0 radical (unpaired) electrons. The van der Waals surface area contributed by atoms with Crippen molar-refractivity contribution in [2.75, 3.05) is 0 Å². The molecule has 1 aliphatic rings. The maximum Gasteiger partial charge on any atom is 0.338 e. The second-order valence-electron chi connectivity index (χ2n) is 10.7. The number of benzene rings is 2. The highest BCUT2D eigenvalue weighted by atomic mass is 16.6. The third-order valence-corrected chi connectivity index (χ3v) is 7.47. The summed E-state index contributed by atoms with van der Waals surface area (Å²) in [4.78, 5) is 27.9. The van der Waals surface area contributed by atoms with Gasteiger partial charge >= 0.3 is 5.97 Å². The lowest BCUT2D eigenvalue weighted by Crippen LogP contribution is -2.17. The molecule has 0 amide bonds. The van der Waals surface area contributed by atoms with Crippen molar-refractivity contribution in [2.45, 2.75) is 51.9 Å². The summed E-state index contributed by atoms with van der Waals surface area (Å²) in [5.41, 5.74) is 8.31. The smallest absolute Gasteiger partial charge is 0.338 e. The first kappa shape index (κ1) is 26.4. The van der Waals surface area contributed by atoms with Crippen LogP contribution in [0.15, 0.2) is 103 Å². The predicted molar refractivity (Wildman–Crippen MR) is 160 cm³/mol. The summed E-state index contributed by atoms with van der Waals surface area (Å²) in [6.07, 6.45) is 5.65. The van der Waals surface area contributed by atoms with E-state index >= 15 is 0 Å². The summed E-state index contributed by atoms with van der Waals surface area (Å²) in [5.74, 6) is -0.309. The van der Waals surface area contributed by atoms with E-state index < -0.39 is 0 Å². The van der Waals surface area contributed by atoms with Gasteiger partial charge in [0.2, 0.25) is 0 Å². The van der Waals surface area contributed by atoms with Gasteiger partial charge in [0.25, 0.3) is 0 Å². The normalized spacial score (nSPS) is 17.3. The molecule has 0 bridgehead atoms. The van der Waals surface area contributed by atoms with Gasteiger partial charge in [-0.15, -0.1) is 0 Å². The lowest BCUT2D eigenvalue weighted by Gasteiger charge is -2.21. The van der Waals surface area contributed by atoms with E-state index in [1.54, 1.807) is 0 Å². The van der Waals surface area contributed by atoms with E-state index in [4.69, 9.17) is 19.5 Å². The van der Waals surface area contributed by atoms with Gasteiger partial charge in [0.1, 0.15) is 12.1 Å². The molecule has 2 unspecified atom stereocenters. The van der Waals surface area contributed by atoms with Crippen LogP contribution in [0.2, 0.25) is 0 Å². The van der Waals surface area contributed by atoms with E-state index in [2.05, 4.69) is 40.2 Å². The summed E-state index contributed by atoms with van der Waals surface area (Å²) >= 11 is 0. The molecule has 0 fully saturated rings. The average molecular weight is 545 g/mol. The fourth-order valence-electron chi connectivity index (χ4n) is 5.59. The monoisotopic (exact) mass is 544 g/mol. The molecule has 5 aromatic rings. The van der Waals surface area contributed by atoms with Crippen molar-refractivity contribution < 1.29 is 14.4 Å². The Morgan fingerprint density at radius 1 is 0.976 bits per heavy atom. The van der Waals surface area contributed by atoms with Crippen LogP contribution in [0.3, 0.4) is 0 Å². The quantitative estimate of drug-likeness (QED) is 0.203. The minimum atomic E-state index is -0.332. The number of oxime groups is 1. The molecule has 2 aromatic carbocycles. The number of esters is 1. The van der Waals surface area contributed by atoms with Gasteiger partial charge in [0.15, 0.2) is 0 Å². The lowest BCUT2D eigenvalue weighted by molar-refractivity contribution is 0.0378. The zero-order chi connectivity index (χ0) is 28.5. The van der Waals surface area contributed by atoms with Crippen LogP contribution in [-0.2, 0) is 9.57 Å². The number of nitrogens with zero attached hydrogens (tertiary/aromatic N) is 4. The van der Waals surface area contributed by atoms with Crippen molar-refractivity contribution in [3.05, 3.63) is 120 Å². The first-order valence-corrected chi connectivity index (χ1v) is 13.9. The summed E-state index contributed by atoms with van der Waals surface area (Å²) in [6.45, 7) is 7.72. The van der Waals surface area contributed by atoms with Gasteiger partial charge in [-0.05, 0) is 74.7 Å². The molecule has 0 saturated heterocycles. The van der Waals surface area contributed by atoms with Crippen molar-refractivity contribution in [2.24, 2.45) is 5.16 Å². The Balaban J connectivity index is 1.54. The maximum absolute atomic E-state index is 12.5. The largest absolute Gasteiger partial charge is 0.459 e. The molecule has 41 heavy (non-hydrogen) atoms. The summed E-state index contributed by atoms with van der Waals surface area (Å²) in [7, 11) is 0. The Hall–Kier alpha value is -4.78.